The molecule has 0 spiro atoms. The summed E-state index contributed by atoms with van der Waals surface area (Å²) in [6.07, 6.45) is 2.99. The number of ether oxygens (including phenoxy) is 1. The van der Waals surface area contributed by atoms with E-state index in [1.165, 1.54) is 11.0 Å². The Labute approximate surface area is 127 Å². The maximum atomic E-state index is 12.2. The molecule has 1 saturated heterocycles. The third-order valence-electron chi connectivity index (χ3n) is 2.99. The van der Waals surface area contributed by atoms with E-state index in [1.807, 2.05) is 31.2 Å². The highest BCUT2D eigenvalue weighted by molar-refractivity contribution is 6.03. The van der Waals surface area contributed by atoms with Crippen LogP contribution in [0, 0.1) is 17.0 Å². The van der Waals surface area contributed by atoms with Gasteiger partial charge < -0.3 is 9.64 Å². The van der Waals surface area contributed by atoms with Gasteiger partial charge in [0.1, 0.15) is 18.6 Å². The molecule has 1 aliphatic rings. The Balaban J connectivity index is 2.18. The summed E-state index contributed by atoms with van der Waals surface area (Å²) in [4.78, 5) is 25.3. The van der Waals surface area contributed by atoms with Gasteiger partial charge in [0, 0.05) is 13.1 Å². The number of amides is 1. The minimum absolute atomic E-state index is 0.0462. The van der Waals surface area contributed by atoms with Crippen molar-refractivity contribution in [1.29, 1.82) is 0 Å². The van der Waals surface area contributed by atoms with E-state index in [4.69, 9.17) is 4.74 Å². The van der Waals surface area contributed by atoms with Crippen molar-refractivity contribution in [2.24, 2.45) is 5.10 Å². The average Bonchev–Trinajstić information content (AvgIpc) is 2.46. The summed E-state index contributed by atoms with van der Waals surface area (Å²) in [5.41, 5.74) is 1.94. The van der Waals surface area contributed by atoms with E-state index in [2.05, 4.69) is 5.10 Å². The number of benzene rings is 1. The second-order valence-electron chi connectivity index (χ2n) is 4.81. The third kappa shape index (κ3) is 3.89. The van der Waals surface area contributed by atoms with Crippen LogP contribution in [0.15, 0.2) is 35.4 Å². The van der Waals surface area contributed by atoms with Crippen molar-refractivity contribution in [3.8, 4) is 0 Å². The summed E-state index contributed by atoms with van der Waals surface area (Å²) in [6, 6.07) is 7.63. The number of carbonyl (C=O) groups excluding carboxylic acids is 1. The number of rotatable bonds is 3. The molecule has 0 atom stereocenters. The van der Waals surface area contributed by atoms with E-state index >= 15 is 0 Å². The molecule has 22 heavy (non-hydrogen) atoms. The van der Waals surface area contributed by atoms with Gasteiger partial charge in [-0.05, 0) is 18.6 Å². The van der Waals surface area contributed by atoms with Gasteiger partial charge in [0.25, 0.3) is 11.9 Å². The lowest BCUT2D eigenvalue weighted by atomic mass is 10.1. The average molecular weight is 304 g/mol. The van der Waals surface area contributed by atoms with Crippen molar-refractivity contribution >= 4 is 17.9 Å². The Morgan fingerprint density at radius 1 is 1.45 bits per heavy atom. The molecule has 1 amide bonds. The molecule has 2 rings (SSSR count). The molecule has 1 heterocycles. The molecule has 0 aliphatic carbocycles. The van der Waals surface area contributed by atoms with Gasteiger partial charge in [0.2, 0.25) is 0 Å². The van der Waals surface area contributed by atoms with E-state index in [-0.39, 0.29) is 19.4 Å². The summed E-state index contributed by atoms with van der Waals surface area (Å²) in [6.45, 7) is 2.01. The molecule has 1 aromatic rings. The van der Waals surface area contributed by atoms with Crippen LogP contribution in [-0.4, -0.2) is 47.2 Å². The molecule has 0 saturated carbocycles. The van der Waals surface area contributed by atoms with Gasteiger partial charge in [-0.2, -0.15) is 0 Å². The minimum Gasteiger partial charge on any atom is -0.340 e. The lowest BCUT2D eigenvalue weighted by molar-refractivity contribution is -0.486. The predicted molar refractivity (Wildman–Crippen MR) is 80.1 cm³/mol. The number of guanidine groups is 1. The van der Waals surface area contributed by atoms with Crippen LogP contribution in [0.1, 0.15) is 11.1 Å². The highest BCUT2D eigenvalue weighted by Gasteiger charge is 2.28. The molecule has 8 heteroatoms. The molecule has 0 N–H and O–H groups in total. The standard InChI is InChI=1S/C14H16N4O4/c1-11-4-3-5-12(8-11)6-7-13(19)17-10-22-9-16(2)14(17)15-18(20)21/h3-8H,9-10H2,1-2H3/b7-6+,15-14+. The lowest BCUT2D eigenvalue weighted by Crippen LogP contribution is -2.52. The van der Waals surface area contributed by atoms with E-state index in [0.717, 1.165) is 16.0 Å². The SMILES string of the molecule is Cc1cccc(/C=C/C(=O)N2COCN(C)/C2=N\[N+](=O)[O-])c1. The van der Waals surface area contributed by atoms with Crippen molar-refractivity contribution in [3.63, 3.8) is 0 Å². The summed E-state index contributed by atoms with van der Waals surface area (Å²) in [5.74, 6) is -0.483. The van der Waals surface area contributed by atoms with Gasteiger partial charge in [-0.1, -0.05) is 29.8 Å². The smallest absolute Gasteiger partial charge is 0.284 e. The van der Waals surface area contributed by atoms with Crippen LogP contribution >= 0.6 is 0 Å². The number of hydrogen-bond acceptors (Lipinski definition) is 4. The molecular weight excluding hydrogens is 288 g/mol. The number of aryl methyl sites for hydroxylation is 1. The van der Waals surface area contributed by atoms with Crippen LogP contribution in [-0.2, 0) is 9.53 Å². The zero-order chi connectivity index (χ0) is 16.1. The molecule has 0 bridgehead atoms. The number of carbonyl (C=O) groups is 1. The van der Waals surface area contributed by atoms with Gasteiger partial charge in [-0.25, -0.2) is 15.0 Å². The number of nitrogens with zero attached hydrogens (tertiary/aromatic N) is 4. The van der Waals surface area contributed by atoms with Crippen molar-refractivity contribution in [3.05, 3.63) is 51.6 Å². The maximum absolute atomic E-state index is 12.2. The fourth-order valence-corrected chi connectivity index (χ4v) is 1.99. The van der Waals surface area contributed by atoms with Gasteiger partial charge in [-0.3, -0.25) is 4.79 Å². The fraction of sp³-hybridized carbons (Fsp3) is 0.286. The molecule has 0 aromatic heterocycles. The first-order valence-electron chi connectivity index (χ1n) is 6.55. The molecule has 0 unspecified atom stereocenters. The third-order valence-corrected chi connectivity index (χ3v) is 2.99. The fourth-order valence-electron chi connectivity index (χ4n) is 1.99. The molecular formula is C14H16N4O4. The minimum atomic E-state index is -0.832. The Morgan fingerprint density at radius 3 is 2.91 bits per heavy atom. The van der Waals surface area contributed by atoms with Gasteiger partial charge in [0.15, 0.2) is 5.03 Å². The molecule has 1 fully saturated rings. The van der Waals surface area contributed by atoms with Crippen molar-refractivity contribution in [2.75, 3.05) is 20.5 Å². The maximum Gasteiger partial charge on any atom is 0.284 e. The Kier molecular flexibility index (Phi) is 4.84. The zero-order valence-corrected chi connectivity index (χ0v) is 12.3. The molecule has 1 aromatic carbocycles. The van der Waals surface area contributed by atoms with Gasteiger partial charge in [-0.15, -0.1) is 0 Å². The summed E-state index contributed by atoms with van der Waals surface area (Å²) < 4.78 is 5.19. The Morgan fingerprint density at radius 2 is 2.23 bits per heavy atom. The van der Waals surface area contributed by atoms with Crippen molar-refractivity contribution in [2.45, 2.75) is 6.92 Å². The quantitative estimate of drug-likeness (QED) is 0.476. The first-order chi connectivity index (χ1) is 10.5. The van der Waals surface area contributed by atoms with Crippen LogP contribution in [0.5, 0.6) is 0 Å². The highest BCUT2D eigenvalue weighted by Crippen LogP contribution is 2.09. The van der Waals surface area contributed by atoms with Crippen LogP contribution in [0.2, 0.25) is 0 Å². The summed E-state index contributed by atoms with van der Waals surface area (Å²) in [7, 11) is 1.56. The second-order valence-corrected chi connectivity index (χ2v) is 4.81. The normalized spacial score (nSPS) is 17.3. The number of nitro groups is 1. The monoisotopic (exact) mass is 304 g/mol. The van der Waals surface area contributed by atoms with Crippen LogP contribution < -0.4 is 0 Å². The second kappa shape index (κ2) is 6.81. The van der Waals surface area contributed by atoms with Gasteiger partial charge in [0.05, 0.1) is 0 Å². The first-order valence-corrected chi connectivity index (χ1v) is 6.55. The molecule has 1 aliphatic heterocycles. The van der Waals surface area contributed by atoms with E-state index in [1.54, 1.807) is 13.1 Å². The highest BCUT2D eigenvalue weighted by atomic mass is 16.7. The van der Waals surface area contributed by atoms with E-state index < -0.39 is 10.9 Å². The predicted octanol–water partition coefficient (Wildman–Crippen LogP) is 1.26. The van der Waals surface area contributed by atoms with Crippen molar-refractivity contribution in [1.82, 2.24) is 9.80 Å². The van der Waals surface area contributed by atoms with E-state index in [0.29, 0.717) is 0 Å². The van der Waals surface area contributed by atoms with Crippen LogP contribution in [0.25, 0.3) is 6.08 Å². The Hall–Kier alpha value is -2.74. The summed E-state index contributed by atoms with van der Waals surface area (Å²) >= 11 is 0. The van der Waals surface area contributed by atoms with Crippen molar-refractivity contribution < 1.29 is 14.6 Å². The van der Waals surface area contributed by atoms with E-state index in [9.17, 15) is 14.9 Å². The van der Waals surface area contributed by atoms with Crippen LogP contribution in [0.3, 0.4) is 0 Å². The summed E-state index contributed by atoms with van der Waals surface area (Å²) in [5, 5.41) is 13.0. The number of hydrazone groups is 1. The Bertz CT molecular complexity index is 641. The lowest BCUT2D eigenvalue weighted by Gasteiger charge is -2.32. The van der Waals surface area contributed by atoms with Crippen LogP contribution in [0.4, 0.5) is 0 Å². The first kappa shape index (κ1) is 15.6. The molecule has 116 valence electrons. The molecule has 8 nitrogen and oxygen atoms in total. The van der Waals surface area contributed by atoms with Gasteiger partial charge >= 0.3 is 0 Å². The number of hydrogen-bond donors (Lipinski definition) is 0. The largest absolute Gasteiger partial charge is 0.340 e. The topological polar surface area (TPSA) is 88.3 Å². The zero-order valence-electron chi connectivity index (χ0n) is 12.3. The molecule has 0 radical (unpaired) electrons.